The predicted octanol–water partition coefficient (Wildman–Crippen LogP) is 2.88. The van der Waals surface area contributed by atoms with E-state index in [1.807, 2.05) is 11.3 Å². The van der Waals surface area contributed by atoms with Gasteiger partial charge >= 0.3 is 0 Å². The second kappa shape index (κ2) is 6.72. The molecule has 2 heterocycles. The molecule has 0 spiro atoms. The maximum Gasteiger partial charge on any atom is 0.226 e. The molecule has 0 aromatic carbocycles. The van der Waals surface area contributed by atoms with Gasteiger partial charge in [-0.05, 0) is 58.3 Å². The summed E-state index contributed by atoms with van der Waals surface area (Å²) in [4.78, 5) is 15.3. The Morgan fingerprint density at radius 2 is 2.15 bits per heavy atom. The van der Waals surface area contributed by atoms with Crippen LogP contribution in [-0.4, -0.2) is 25.0 Å². The summed E-state index contributed by atoms with van der Waals surface area (Å²) in [6.45, 7) is 8.29. The molecule has 0 aliphatic carbocycles. The summed E-state index contributed by atoms with van der Waals surface area (Å²) in [7, 11) is 0. The molecule has 0 bridgehead atoms. The Morgan fingerprint density at radius 3 is 2.70 bits per heavy atom. The van der Waals surface area contributed by atoms with Gasteiger partial charge in [0.25, 0.3) is 0 Å². The number of thiophene rings is 1. The Morgan fingerprint density at radius 1 is 1.45 bits per heavy atom. The van der Waals surface area contributed by atoms with E-state index in [9.17, 15) is 4.79 Å². The molecule has 112 valence electrons. The number of carbonyl (C=O) groups is 1. The Labute approximate surface area is 126 Å². The van der Waals surface area contributed by atoms with Gasteiger partial charge in [-0.15, -0.1) is 11.3 Å². The molecule has 1 aromatic heterocycles. The highest BCUT2D eigenvalue weighted by Crippen LogP contribution is 2.32. The van der Waals surface area contributed by atoms with Crippen molar-refractivity contribution in [3.63, 3.8) is 0 Å². The third-order valence-electron chi connectivity index (χ3n) is 4.40. The Kier molecular flexibility index (Phi) is 5.22. The van der Waals surface area contributed by atoms with Gasteiger partial charge in [-0.1, -0.05) is 6.92 Å². The highest BCUT2D eigenvalue weighted by molar-refractivity contribution is 7.11. The third-order valence-corrected chi connectivity index (χ3v) is 5.42. The van der Waals surface area contributed by atoms with Crippen LogP contribution in [0.2, 0.25) is 0 Å². The van der Waals surface area contributed by atoms with E-state index in [2.05, 4.69) is 43.5 Å². The average molecular weight is 294 g/mol. The van der Waals surface area contributed by atoms with Crippen LogP contribution >= 0.6 is 11.3 Å². The second-order valence-corrected chi connectivity index (χ2v) is 7.35. The van der Waals surface area contributed by atoms with Crippen LogP contribution in [-0.2, 0) is 11.2 Å². The van der Waals surface area contributed by atoms with Crippen molar-refractivity contribution in [2.24, 2.45) is 5.41 Å². The van der Waals surface area contributed by atoms with Gasteiger partial charge in [0.15, 0.2) is 0 Å². The smallest absolute Gasteiger partial charge is 0.226 e. The Balaban J connectivity index is 1.92. The molecule has 2 N–H and O–H groups in total. The molecule has 1 atom stereocenters. The van der Waals surface area contributed by atoms with Crippen LogP contribution in [0.25, 0.3) is 0 Å². The van der Waals surface area contributed by atoms with Crippen molar-refractivity contribution in [3.05, 3.63) is 21.9 Å². The number of piperidine rings is 1. The molecule has 4 heteroatoms. The number of nitrogens with one attached hydrogen (secondary N) is 2. The third kappa shape index (κ3) is 3.61. The van der Waals surface area contributed by atoms with Gasteiger partial charge in [-0.3, -0.25) is 4.79 Å². The van der Waals surface area contributed by atoms with Gasteiger partial charge in [-0.25, -0.2) is 0 Å². The Hall–Kier alpha value is -0.870. The first-order valence-corrected chi connectivity index (χ1v) is 8.44. The van der Waals surface area contributed by atoms with Crippen molar-refractivity contribution >= 4 is 17.2 Å². The minimum Gasteiger partial charge on any atom is -0.353 e. The Bertz CT molecular complexity index is 449. The maximum atomic E-state index is 12.6. The van der Waals surface area contributed by atoms with E-state index in [1.165, 1.54) is 9.75 Å². The minimum atomic E-state index is -0.148. The lowest BCUT2D eigenvalue weighted by Gasteiger charge is -2.36. The lowest BCUT2D eigenvalue weighted by molar-refractivity contribution is -0.133. The van der Waals surface area contributed by atoms with Crippen molar-refractivity contribution in [2.75, 3.05) is 13.1 Å². The number of aryl methyl sites for hydroxylation is 1. The fourth-order valence-electron chi connectivity index (χ4n) is 2.97. The molecular formula is C16H26N2OS. The van der Waals surface area contributed by atoms with Crippen molar-refractivity contribution < 1.29 is 4.79 Å². The van der Waals surface area contributed by atoms with Crippen molar-refractivity contribution in [3.8, 4) is 0 Å². The van der Waals surface area contributed by atoms with Gasteiger partial charge in [-0.2, -0.15) is 0 Å². The zero-order chi connectivity index (χ0) is 14.6. The van der Waals surface area contributed by atoms with Crippen LogP contribution in [0.15, 0.2) is 12.1 Å². The number of hydrogen-bond donors (Lipinski definition) is 2. The highest BCUT2D eigenvalue weighted by atomic mass is 32.1. The normalized spacial score (nSPS) is 19.6. The summed E-state index contributed by atoms with van der Waals surface area (Å²) in [6.07, 6.45) is 3.79. The summed E-state index contributed by atoms with van der Waals surface area (Å²) in [5, 5.41) is 6.59. The fourth-order valence-corrected chi connectivity index (χ4v) is 3.99. The van der Waals surface area contributed by atoms with Crippen LogP contribution in [0, 0.1) is 12.3 Å². The molecule has 1 fully saturated rings. The molecule has 0 radical (unpaired) electrons. The SMILES string of the molecule is CCC1(C(=O)NC(C)Cc2ccc(C)s2)CCNCC1. The molecule has 1 aliphatic rings. The maximum absolute atomic E-state index is 12.6. The summed E-state index contributed by atoms with van der Waals surface area (Å²) in [5.74, 6) is 0.252. The van der Waals surface area contributed by atoms with Crippen LogP contribution in [0.1, 0.15) is 42.9 Å². The van der Waals surface area contributed by atoms with Gasteiger partial charge in [0, 0.05) is 22.2 Å². The number of amides is 1. The molecule has 1 aromatic rings. The molecule has 1 aliphatic heterocycles. The quantitative estimate of drug-likeness (QED) is 0.877. The standard InChI is InChI=1S/C16H26N2OS/c1-4-16(7-9-17-10-8-16)15(19)18-12(2)11-14-6-5-13(3)20-14/h5-6,12,17H,4,7-11H2,1-3H3,(H,18,19). The number of hydrogen-bond acceptors (Lipinski definition) is 3. The molecule has 1 unspecified atom stereocenters. The zero-order valence-electron chi connectivity index (χ0n) is 12.8. The van der Waals surface area contributed by atoms with E-state index in [1.54, 1.807) is 0 Å². The summed E-state index contributed by atoms with van der Waals surface area (Å²) >= 11 is 1.82. The van der Waals surface area contributed by atoms with Gasteiger partial charge in [0.1, 0.15) is 0 Å². The fraction of sp³-hybridized carbons (Fsp3) is 0.688. The van der Waals surface area contributed by atoms with Gasteiger partial charge < -0.3 is 10.6 Å². The van der Waals surface area contributed by atoms with Crippen LogP contribution < -0.4 is 10.6 Å². The molecular weight excluding hydrogens is 268 g/mol. The largest absolute Gasteiger partial charge is 0.353 e. The van der Waals surface area contributed by atoms with Crippen molar-refractivity contribution in [2.45, 2.75) is 52.5 Å². The monoisotopic (exact) mass is 294 g/mol. The number of rotatable bonds is 5. The molecule has 1 saturated heterocycles. The average Bonchev–Trinajstić information content (AvgIpc) is 2.84. The predicted molar refractivity (Wildman–Crippen MR) is 85.2 cm³/mol. The van der Waals surface area contributed by atoms with E-state index in [4.69, 9.17) is 0 Å². The molecule has 2 rings (SSSR count). The van der Waals surface area contributed by atoms with Gasteiger partial charge in [0.2, 0.25) is 5.91 Å². The van der Waals surface area contributed by atoms with Crippen LogP contribution in [0.4, 0.5) is 0 Å². The topological polar surface area (TPSA) is 41.1 Å². The van der Waals surface area contributed by atoms with E-state index in [-0.39, 0.29) is 17.4 Å². The van der Waals surface area contributed by atoms with E-state index in [0.717, 1.165) is 38.8 Å². The van der Waals surface area contributed by atoms with Crippen LogP contribution in [0.3, 0.4) is 0 Å². The van der Waals surface area contributed by atoms with E-state index < -0.39 is 0 Å². The first-order chi connectivity index (χ1) is 9.55. The number of carbonyl (C=O) groups excluding carboxylic acids is 1. The zero-order valence-corrected chi connectivity index (χ0v) is 13.6. The lowest BCUT2D eigenvalue weighted by atomic mass is 9.75. The highest BCUT2D eigenvalue weighted by Gasteiger charge is 2.38. The first-order valence-electron chi connectivity index (χ1n) is 7.63. The second-order valence-electron chi connectivity index (χ2n) is 5.97. The van der Waals surface area contributed by atoms with E-state index >= 15 is 0 Å². The first kappa shape index (κ1) is 15.5. The minimum absolute atomic E-state index is 0.148. The van der Waals surface area contributed by atoms with E-state index in [0.29, 0.717) is 0 Å². The summed E-state index contributed by atoms with van der Waals surface area (Å²) in [5.41, 5.74) is -0.148. The summed E-state index contributed by atoms with van der Waals surface area (Å²) in [6, 6.07) is 4.52. The molecule has 20 heavy (non-hydrogen) atoms. The molecule has 0 saturated carbocycles. The van der Waals surface area contributed by atoms with Crippen molar-refractivity contribution in [1.29, 1.82) is 0 Å². The van der Waals surface area contributed by atoms with Crippen LogP contribution in [0.5, 0.6) is 0 Å². The van der Waals surface area contributed by atoms with Crippen molar-refractivity contribution in [1.82, 2.24) is 10.6 Å². The lowest BCUT2D eigenvalue weighted by Crippen LogP contribution is -2.49. The molecule has 3 nitrogen and oxygen atoms in total. The molecule has 1 amide bonds. The summed E-state index contributed by atoms with van der Waals surface area (Å²) < 4.78 is 0. The van der Waals surface area contributed by atoms with Gasteiger partial charge in [0.05, 0.1) is 5.41 Å².